The number of rotatable bonds is 6. The molecule has 0 aromatic heterocycles. The maximum absolute atomic E-state index is 10.6. The van der Waals surface area contributed by atoms with E-state index in [-0.39, 0.29) is 24.6 Å². The third kappa shape index (κ3) is 5.75. The van der Waals surface area contributed by atoms with E-state index in [9.17, 15) is 4.79 Å². The fourth-order valence-corrected chi connectivity index (χ4v) is 1.27. The number of ether oxygens (including phenoxy) is 1. The Balaban J connectivity index is 3.79. The van der Waals surface area contributed by atoms with E-state index in [0.717, 1.165) is 18.4 Å². The molecule has 0 aromatic carbocycles. The number of carbonyl (C=O) groups excluding carboxylic acids is 1. The molecule has 1 N–H and O–H groups in total. The Morgan fingerprint density at radius 1 is 1.43 bits per heavy atom. The van der Waals surface area contributed by atoms with Gasteiger partial charge in [0.05, 0.1) is 6.10 Å². The van der Waals surface area contributed by atoms with Gasteiger partial charge in [-0.05, 0) is 26.7 Å². The first-order valence-electron chi connectivity index (χ1n) is 4.90. The van der Waals surface area contributed by atoms with E-state index in [1.807, 2.05) is 13.8 Å². The molecular formula is C11H20O3. The largest absolute Gasteiger partial charge is 0.463 e. The highest BCUT2D eigenvalue weighted by Gasteiger charge is 2.11. The number of carbonyl (C=O) groups is 1. The molecular weight excluding hydrogens is 180 g/mol. The second-order valence-corrected chi connectivity index (χ2v) is 3.72. The summed E-state index contributed by atoms with van der Waals surface area (Å²) in [7, 11) is 0. The molecule has 14 heavy (non-hydrogen) atoms. The molecule has 0 rings (SSSR count). The minimum absolute atomic E-state index is 0.0825. The SMILES string of the molecule is C=C(C)[C@@H](CO)CC[C@@H](C)OC(C)=O. The van der Waals surface area contributed by atoms with E-state index >= 15 is 0 Å². The van der Waals surface area contributed by atoms with Gasteiger partial charge < -0.3 is 9.84 Å². The van der Waals surface area contributed by atoms with Gasteiger partial charge in [0.2, 0.25) is 0 Å². The first kappa shape index (κ1) is 13.2. The van der Waals surface area contributed by atoms with Crippen molar-refractivity contribution in [2.45, 2.75) is 39.7 Å². The summed E-state index contributed by atoms with van der Waals surface area (Å²) < 4.78 is 4.97. The Kier molecular flexibility index (Phi) is 6.21. The molecule has 0 saturated heterocycles. The van der Waals surface area contributed by atoms with Gasteiger partial charge in [-0.3, -0.25) is 4.79 Å². The van der Waals surface area contributed by atoms with Crippen LogP contribution in [0.1, 0.15) is 33.6 Å². The number of aliphatic hydroxyl groups is 1. The zero-order valence-electron chi connectivity index (χ0n) is 9.25. The summed E-state index contributed by atoms with van der Waals surface area (Å²) in [5, 5.41) is 9.02. The predicted molar refractivity (Wildman–Crippen MR) is 55.9 cm³/mol. The average Bonchev–Trinajstić information content (AvgIpc) is 2.03. The second kappa shape index (κ2) is 6.60. The molecule has 0 amide bonds. The van der Waals surface area contributed by atoms with Gasteiger partial charge in [0, 0.05) is 19.4 Å². The number of hydrogen-bond acceptors (Lipinski definition) is 3. The van der Waals surface area contributed by atoms with Crippen molar-refractivity contribution in [3.63, 3.8) is 0 Å². The topological polar surface area (TPSA) is 46.5 Å². The molecule has 0 spiro atoms. The molecule has 0 saturated carbocycles. The standard InChI is InChI=1S/C11H20O3/c1-8(2)11(7-12)6-5-9(3)14-10(4)13/h9,11-12H,1,5-7H2,2-4H3/t9-,11-/m1/s1. The molecule has 0 unspecified atom stereocenters. The number of esters is 1. The lowest BCUT2D eigenvalue weighted by Crippen LogP contribution is -2.15. The highest BCUT2D eigenvalue weighted by atomic mass is 16.5. The molecule has 3 nitrogen and oxygen atoms in total. The van der Waals surface area contributed by atoms with Gasteiger partial charge in [0.1, 0.15) is 0 Å². The summed E-state index contributed by atoms with van der Waals surface area (Å²) in [5.74, 6) is -0.138. The Morgan fingerprint density at radius 2 is 2.00 bits per heavy atom. The quantitative estimate of drug-likeness (QED) is 0.526. The van der Waals surface area contributed by atoms with Crippen LogP contribution in [0.3, 0.4) is 0 Å². The summed E-state index contributed by atoms with van der Waals surface area (Å²) in [6.45, 7) is 9.07. The summed E-state index contributed by atoms with van der Waals surface area (Å²) in [4.78, 5) is 10.6. The van der Waals surface area contributed by atoms with Crippen LogP contribution < -0.4 is 0 Å². The Morgan fingerprint density at radius 3 is 2.36 bits per heavy atom. The third-order valence-corrected chi connectivity index (χ3v) is 2.21. The van der Waals surface area contributed by atoms with Crippen molar-refractivity contribution >= 4 is 5.97 Å². The van der Waals surface area contributed by atoms with Crippen molar-refractivity contribution in [1.82, 2.24) is 0 Å². The van der Waals surface area contributed by atoms with Gasteiger partial charge in [-0.15, -0.1) is 0 Å². The van der Waals surface area contributed by atoms with E-state index in [1.54, 1.807) is 0 Å². The first-order chi connectivity index (χ1) is 6.47. The molecule has 0 aliphatic heterocycles. The van der Waals surface area contributed by atoms with Crippen molar-refractivity contribution in [2.24, 2.45) is 5.92 Å². The average molecular weight is 200 g/mol. The van der Waals surface area contributed by atoms with Crippen LogP contribution in [0.15, 0.2) is 12.2 Å². The van der Waals surface area contributed by atoms with Crippen LogP contribution in [-0.4, -0.2) is 23.8 Å². The monoisotopic (exact) mass is 200 g/mol. The first-order valence-corrected chi connectivity index (χ1v) is 4.90. The van der Waals surface area contributed by atoms with Gasteiger partial charge in [-0.2, -0.15) is 0 Å². The maximum atomic E-state index is 10.6. The summed E-state index contributed by atoms with van der Waals surface area (Å²) >= 11 is 0. The van der Waals surface area contributed by atoms with Gasteiger partial charge in [0.15, 0.2) is 0 Å². The molecule has 0 aromatic rings. The molecule has 0 heterocycles. The maximum Gasteiger partial charge on any atom is 0.302 e. The summed E-state index contributed by atoms with van der Waals surface area (Å²) in [6, 6.07) is 0. The van der Waals surface area contributed by atoms with E-state index in [0.29, 0.717) is 0 Å². The predicted octanol–water partition coefficient (Wildman–Crippen LogP) is 1.90. The normalized spacial score (nSPS) is 14.6. The van der Waals surface area contributed by atoms with Crippen LogP contribution in [0.2, 0.25) is 0 Å². The summed E-state index contributed by atoms with van der Waals surface area (Å²) in [6.07, 6.45) is 1.48. The molecule has 2 atom stereocenters. The Hall–Kier alpha value is -0.830. The molecule has 3 heteroatoms. The smallest absolute Gasteiger partial charge is 0.302 e. The van der Waals surface area contributed by atoms with E-state index in [2.05, 4.69) is 6.58 Å². The zero-order chi connectivity index (χ0) is 11.1. The van der Waals surface area contributed by atoms with Crippen LogP contribution in [0.5, 0.6) is 0 Å². The fourth-order valence-electron chi connectivity index (χ4n) is 1.27. The second-order valence-electron chi connectivity index (χ2n) is 3.72. The fraction of sp³-hybridized carbons (Fsp3) is 0.727. The lowest BCUT2D eigenvalue weighted by atomic mass is 9.96. The van der Waals surface area contributed by atoms with E-state index in [1.165, 1.54) is 6.92 Å². The molecule has 0 aliphatic rings. The number of aliphatic hydroxyl groups excluding tert-OH is 1. The van der Waals surface area contributed by atoms with Gasteiger partial charge in [0.25, 0.3) is 0 Å². The third-order valence-electron chi connectivity index (χ3n) is 2.21. The van der Waals surface area contributed by atoms with Crippen LogP contribution in [-0.2, 0) is 9.53 Å². The van der Waals surface area contributed by atoms with E-state index < -0.39 is 0 Å². The van der Waals surface area contributed by atoms with Crippen molar-refractivity contribution in [3.8, 4) is 0 Å². The van der Waals surface area contributed by atoms with Gasteiger partial charge >= 0.3 is 5.97 Å². The van der Waals surface area contributed by atoms with Crippen LogP contribution in [0, 0.1) is 5.92 Å². The highest BCUT2D eigenvalue weighted by molar-refractivity contribution is 5.66. The Bertz CT molecular complexity index is 199. The van der Waals surface area contributed by atoms with Crippen LogP contribution in [0.25, 0.3) is 0 Å². The zero-order valence-corrected chi connectivity index (χ0v) is 9.25. The molecule has 0 fully saturated rings. The lowest BCUT2D eigenvalue weighted by Gasteiger charge is -2.17. The molecule has 0 aliphatic carbocycles. The minimum Gasteiger partial charge on any atom is -0.463 e. The van der Waals surface area contributed by atoms with Crippen LogP contribution in [0.4, 0.5) is 0 Å². The highest BCUT2D eigenvalue weighted by Crippen LogP contribution is 2.16. The van der Waals surface area contributed by atoms with Crippen LogP contribution >= 0.6 is 0 Å². The van der Waals surface area contributed by atoms with Crippen molar-refractivity contribution < 1.29 is 14.6 Å². The molecule has 82 valence electrons. The van der Waals surface area contributed by atoms with Gasteiger partial charge in [-0.25, -0.2) is 0 Å². The van der Waals surface area contributed by atoms with Crippen molar-refractivity contribution in [1.29, 1.82) is 0 Å². The van der Waals surface area contributed by atoms with Crippen molar-refractivity contribution in [2.75, 3.05) is 6.61 Å². The molecule has 0 radical (unpaired) electrons. The van der Waals surface area contributed by atoms with Crippen molar-refractivity contribution in [3.05, 3.63) is 12.2 Å². The minimum atomic E-state index is -0.256. The Labute approximate surface area is 85.8 Å². The van der Waals surface area contributed by atoms with E-state index in [4.69, 9.17) is 9.84 Å². The lowest BCUT2D eigenvalue weighted by molar-refractivity contribution is -0.145. The number of hydrogen-bond donors (Lipinski definition) is 1. The molecule has 0 bridgehead atoms. The van der Waals surface area contributed by atoms with Gasteiger partial charge in [-0.1, -0.05) is 12.2 Å². The summed E-state index contributed by atoms with van der Waals surface area (Å²) in [5.41, 5.74) is 0.975.